The summed E-state index contributed by atoms with van der Waals surface area (Å²) >= 11 is 0. The van der Waals surface area contributed by atoms with Crippen molar-refractivity contribution in [2.45, 2.75) is 52.0 Å². The van der Waals surface area contributed by atoms with Crippen molar-refractivity contribution in [2.75, 3.05) is 25.2 Å². The molecule has 1 amide bonds. The summed E-state index contributed by atoms with van der Waals surface area (Å²) in [6.07, 6.45) is -2.83. The molecule has 1 aliphatic heterocycles. The van der Waals surface area contributed by atoms with Crippen LogP contribution in [0.25, 0.3) is 0 Å². The lowest BCUT2D eigenvalue weighted by atomic mass is 10.1. The van der Waals surface area contributed by atoms with E-state index in [9.17, 15) is 22.8 Å². The van der Waals surface area contributed by atoms with Gasteiger partial charge in [0.05, 0.1) is 31.9 Å². The van der Waals surface area contributed by atoms with E-state index in [2.05, 4.69) is 22.1 Å². The molecule has 1 N–H and O–H groups in total. The summed E-state index contributed by atoms with van der Waals surface area (Å²) in [5.41, 5.74) is 0.0906. The molecule has 0 saturated carbocycles. The molecule has 39 heavy (non-hydrogen) atoms. The molecule has 0 saturated heterocycles. The van der Waals surface area contributed by atoms with Crippen LogP contribution in [0, 0.1) is 0 Å². The number of aromatic nitrogens is 2. The van der Waals surface area contributed by atoms with Crippen LogP contribution in [0.15, 0.2) is 48.5 Å². The van der Waals surface area contributed by atoms with Crippen molar-refractivity contribution in [3.05, 3.63) is 76.5 Å². The molecule has 3 aromatic rings. The Morgan fingerprint density at radius 2 is 1.77 bits per heavy atom. The summed E-state index contributed by atoms with van der Waals surface area (Å²) in [6.45, 7) is 5.31. The van der Waals surface area contributed by atoms with Gasteiger partial charge >= 0.3 is 12.1 Å². The Kier molecular flexibility index (Phi) is 8.47. The number of nitrogens with one attached hydrogen (secondary N) is 1. The normalized spacial score (nSPS) is 13.6. The molecule has 0 bridgehead atoms. The predicted octanol–water partition coefficient (Wildman–Crippen LogP) is 5.38. The van der Waals surface area contributed by atoms with Crippen LogP contribution in [-0.4, -0.2) is 41.9 Å². The van der Waals surface area contributed by atoms with Crippen LogP contribution in [0.3, 0.4) is 0 Å². The van der Waals surface area contributed by atoms with Crippen molar-refractivity contribution in [3.63, 3.8) is 0 Å². The molecule has 4 rings (SSSR count). The van der Waals surface area contributed by atoms with Crippen molar-refractivity contribution in [1.82, 2.24) is 15.1 Å². The maximum absolute atomic E-state index is 14.0. The third kappa shape index (κ3) is 6.35. The number of methoxy groups -OCH3 is 1. The van der Waals surface area contributed by atoms with Crippen molar-refractivity contribution in [1.29, 1.82) is 0 Å². The predicted molar refractivity (Wildman–Crippen MR) is 139 cm³/mol. The van der Waals surface area contributed by atoms with Crippen molar-refractivity contribution >= 4 is 17.7 Å². The van der Waals surface area contributed by atoms with Crippen LogP contribution in [0.1, 0.15) is 70.3 Å². The number of esters is 1. The molecule has 11 heteroatoms. The van der Waals surface area contributed by atoms with E-state index < -0.39 is 35.4 Å². The van der Waals surface area contributed by atoms with Gasteiger partial charge in [-0.05, 0) is 48.7 Å². The van der Waals surface area contributed by atoms with E-state index in [0.29, 0.717) is 30.8 Å². The first kappa shape index (κ1) is 28.0. The molecule has 1 atom stereocenters. The molecular formula is C28H31F3N4O4. The van der Waals surface area contributed by atoms with Crippen molar-refractivity contribution < 1.29 is 32.2 Å². The minimum absolute atomic E-state index is 0.135. The summed E-state index contributed by atoms with van der Waals surface area (Å²) in [5, 5.41) is 6.44. The molecule has 0 unspecified atom stereocenters. The zero-order chi connectivity index (χ0) is 28.2. The van der Waals surface area contributed by atoms with Crippen molar-refractivity contribution in [3.8, 4) is 5.75 Å². The van der Waals surface area contributed by atoms with Gasteiger partial charge in [-0.15, -0.1) is 0 Å². The Bertz CT molecular complexity index is 1300. The summed E-state index contributed by atoms with van der Waals surface area (Å²) in [6, 6.07) is 13.1. The molecule has 2 heterocycles. The first-order chi connectivity index (χ1) is 18.6. The number of ether oxygens (including phenoxy) is 2. The number of benzene rings is 2. The summed E-state index contributed by atoms with van der Waals surface area (Å²) in [5.74, 6) is -0.523. The molecule has 208 valence electrons. The first-order valence-corrected chi connectivity index (χ1v) is 12.8. The summed E-state index contributed by atoms with van der Waals surface area (Å²) in [4.78, 5) is 26.7. The molecule has 2 aromatic carbocycles. The molecule has 1 aliphatic rings. The van der Waals surface area contributed by atoms with Gasteiger partial charge in [0.1, 0.15) is 17.1 Å². The lowest BCUT2D eigenvalue weighted by Gasteiger charge is -2.21. The lowest BCUT2D eigenvalue weighted by Crippen LogP contribution is -2.31. The van der Waals surface area contributed by atoms with E-state index in [4.69, 9.17) is 4.74 Å². The van der Waals surface area contributed by atoms with E-state index in [1.165, 1.54) is 23.9 Å². The third-order valence-electron chi connectivity index (χ3n) is 6.55. The number of rotatable bonds is 10. The van der Waals surface area contributed by atoms with Crippen LogP contribution in [0.2, 0.25) is 0 Å². The Labute approximate surface area is 224 Å². The van der Waals surface area contributed by atoms with Crippen molar-refractivity contribution in [2.24, 2.45) is 0 Å². The maximum atomic E-state index is 14.0. The number of carbonyl (C=O) groups is 2. The van der Waals surface area contributed by atoms with Crippen LogP contribution < -0.4 is 15.0 Å². The average Bonchev–Trinajstić information content (AvgIpc) is 3.49. The topological polar surface area (TPSA) is 85.7 Å². The van der Waals surface area contributed by atoms with E-state index in [1.54, 1.807) is 24.0 Å². The molecule has 0 aliphatic carbocycles. The van der Waals surface area contributed by atoms with Gasteiger partial charge in [0.2, 0.25) is 0 Å². The molecule has 8 nitrogen and oxygen atoms in total. The molecule has 0 spiro atoms. The Balaban J connectivity index is 1.55. The molecular weight excluding hydrogens is 513 g/mol. The number of unbranched alkanes of at least 4 members (excludes halogenated alkanes) is 1. The molecule has 0 radical (unpaired) electrons. The van der Waals surface area contributed by atoms with Crippen LogP contribution in [0.5, 0.6) is 5.75 Å². The maximum Gasteiger partial charge on any atom is 0.436 e. The SMILES string of the molecule is CCCCOc1ccc(CN2CCn3nc(C(F)(F)F)c(C(=O)N[C@@H](C)c4ccc(C(=O)OC)cc4)c32)cc1. The zero-order valence-electron chi connectivity index (χ0n) is 22.0. The van der Waals surface area contributed by atoms with Crippen LogP contribution in [-0.2, 0) is 24.0 Å². The van der Waals surface area contributed by atoms with E-state index in [-0.39, 0.29) is 12.4 Å². The quantitative estimate of drug-likeness (QED) is 0.273. The number of hydrogen-bond donors (Lipinski definition) is 1. The monoisotopic (exact) mass is 544 g/mol. The third-order valence-corrected chi connectivity index (χ3v) is 6.55. The highest BCUT2D eigenvalue weighted by atomic mass is 19.4. The second-order valence-electron chi connectivity index (χ2n) is 9.34. The highest BCUT2D eigenvalue weighted by molar-refractivity contribution is 6.01. The largest absolute Gasteiger partial charge is 0.494 e. The van der Waals surface area contributed by atoms with Gasteiger partial charge in [-0.2, -0.15) is 18.3 Å². The number of carbonyl (C=O) groups excluding carboxylic acids is 2. The van der Waals surface area contributed by atoms with Gasteiger partial charge < -0.3 is 19.7 Å². The minimum Gasteiger partial charge on any atom is -0.494 e. The number of nitrogens with zero attached hydrogens (tertiary/aromatic N) is 3. The summed E-state index contributed by atoms with van der Waals surface area (Å²) in [7, 11) is 1.27. The average molecular weight is 545 g/mol. The Hall–Kier alpha value is -4.02. The Morgan fingerprint density at radius 1 is 1.08 bits per heavy atom. The van der Waals surface area contributed by atoms with E-state index >= 15 is 0 Å². The van der Waals surface area contributed by atoms with E-state index in [0.717, 1.165) is 24.2 Å². The number of amides is 1. The fourth-order valence-corrected chi connectivity index (χ4v) is 4.44. The van der Waals surface area contributed by atoms with Gasteiger partial charge in [-0.3, -0.25) is 4.79 Å². The number of hydrogen-bond acceptors (Lipinski definition) is 6. The van der Waals surface area contributed by atoms with Gasteiger partial charge in [0, 0.05) is 13.1 Å². The zero-order valence-corrected chi connectivity index (χ0v) is 22.0. The summed E-state index contributed by atoms with van der Waals surface area (Å²) < 4.78 is 53.5. The minimum atomic E-state index is -4.81. The van der Waals surface area contributed by atoms with E-state index in [1.807, 2.05) is 24.3 Å². The second kappa shape index (κ2) is 11.8. The molecule has 1 aromatic heterocycles. The number of anilines is 1. The fourth-order valence-electron chi connectivity index (χ4n) is 4.44. The Morgan fingerprint density at radius 3 is 2.38 bits per heavy atom. The second-order valence-corrected chi connectivity index (χ2v) is 9.34. The highest BCUT2D eigenvalue weighted by Gasteiger charge is 2.44. The van der Waals surface area contributed by atoms with Crippen LogP contribution in [0.4, 0.5) is 19.0 Å². The fraction of sp³-hybridized carbons (Fsp3) is 0.393. The highest BCUT2D eigenvalue weighted by Crippen LogP contribution is 2.39. The standard InChI is InChI=1S/C28H31F3N4O4/c1-4-5-16-39-22-12-6-19(7-13-22)17-34-14-15-35-26(34)23(24(33-35)28(29,30)31)25(36)32-18(2)20-8-10-21(11-9-20)27(37)38-3/h6-13,18H,4-5,14-17H2,1-3H3,(H,32,36)/t18-/m0/s1. The smallest absolute Gasteiger partial charge is 0.436 e. The van der Waals surface area contributed by atoms with Gasteiger partial charge in [0.15, 0.2) is 5.69 Å². The van der Waals surface area contributed by atoms with Gasteiger partial charge in [0.25, 0.3) is 5.91 Å². The number of alkyl halides is 3. The van der Waals surface area contributed by atoms with Gasteiger partial charge in [-0.1, -0.05) is 37.6 Å². The number of fused-ring (bicyclic) bond motifs is 1. The van der Waals surface area contributed by atoms with Crippen LogP contribution >= 0.6 is 0 Å². The lowest BCUT2D eigenvalue weighted by molar-refractivity contribution is -0.141. The first-order valence-electron chi connectivity index (χ1n) is 12.8. The number of halogens is 3. The van der Waals surface area contributed by atoms with Gasteiger partial charge in [-0.25, -0.2) is 9.48 Å². The molecule has 0 fully saturated rings.